The van der Waals surface area contributed by atoms with Crippen molar-refractivity contribution in [2.75, 3.05) is 5.43 Å². The molecule has 2 heterocycles. The van der Waals surface area contributed by atoms with Crippen molar-refractivity contribution in [2.45, 2.75) is 26.7 Å². The molecule has 19 heavy (non-hydrogen) atoms. The molecule has 3 N–H and O–H groups in total. The number of nitrogens with one attached hydrogen (secondary N) is 1. The summed E-state index contributed by atoms with van der Waals surface area (Å²) in [7, 11) is 1.83. The molecule has 0 amide bonds. The van der Waals surface area contributed by atoms with Crippen molar-refractivity contribution in [3.63, 3.8) is 0 Å². The number of ether oxygens (including phenoxy) is 1. The van der Waals surface area contributed by atoms with Gasteiger partial charge in [0.1, 0.15) is 11.6 Å². The van der Waals surface area contributed by atoms with Gasteiger partial charge in [-0.2, -0.15) is 10.1 Å². The van der Waals surface area contributed by atoms with E-state index >= 15 is 0 Å². The van der Waals surface area contributed by atoms with Gasteiger partial charge in [-0.1, -0.05) is 6.92 Å². The van der Waals surface area contributed by atoms with Gasteiger partial charge in [0.2, 0.25) is 5.88 Å². The Labute approximate surface area is 111 Å². The Morgan fingerprint density at radius 2 is 2.21 bits per heavy atom. The van der Waals surface area contributed by atoms with Gasteiger partial charge in [-0.05, 0) is 13.3 Å². The lowest BCUT2D eigenvalue weighted by Crippen LogP contribution is -2.13. The summed E-state index contributed by atoms with van der Waals surface area (Å²) in [6.45, 7) is 3.93. The number of anilines is 1. The van der Waals surface area contributed by atoms with Crippen LogP contribution in [-0.4, -0.2) is 19.7 Å². The van der Waals surface area contributed by atoms with Crippen molar-refractivity contribution in [3.05, 3.63) is 23.8 Å². The molecule has 2 aromatic rings. The van der Waals surface area contributed by atoms with Gasteiger partial charge in [-0.3, -0.25) is 4.68 Å². The molecule has 7 nitrogen and oxygen atoms in total. The molecule has 0 atom stereocenters. The number of nitrogens with two attached hydrogens (primary N) is 1. The van der Waals surface area contributed by atoms with Crippen molar-refractivity contribution in [3.8, 4) is 11.6 Å². The number of nitrogens with zero attached hydrogens (tertiary/aromatic N) is 4. The van der Waals surface area contributed by atoms with Crippen LogP contribution in [-0.2, 0) is 13.5 Å². The first-order chi connectivity index (χ1) is 9.13. The lowest BCUT2D eigenvalue weighted by atomic mass is 10.3. The van der Waals surface area contributed by atoms with E-state index in [9.17, 15) is 0 Å². The molecule has 0 aliphatic rings. The van der Waals surface area contributed by atoms with Gasteiger partial charge in [0.25, 0.3) is 0 Å². The van der Waals surface area contributed by atoms with Gasteiger partial charge in [0, 0.05) is 13.5 Å². The largest absolute Gasteiger partial charge is 0.435 e. The maximum absolute atomic E-state index is 5.73. The highest BCUT2D eigenvalue weighted by molar-refractivity contribution is 5.48. The first-order valence-electron chi connectivity index (χ1n) is 6.14. The van der Waals surface area contributed by atoms with Crippen LogP contribution in [0.5, 0.6) is 11.6 Å². The Morgan fingerprint density at radius 3 is 2.79 bits per heavy atom. The Morgan fingerprint density at radius 1 is 1.42 bits per heavy atom. The molecule has 2 aromatic heterocycles. The molecule has 0 radical (unpaired) electrons. The summed E-state index contributed by atoms with van der Waals surface area (Å²) in [5.41, 5.74) is 3.34. The van der Waals surface area contributed by atoms with Crippen LogP contribution in [0, 0.1) is 6.92 Å². The van der Waals surface area contributed by atoms with Crippen LogP contribution in [0.4, 0.5) is 5.82 Å². The summed E-state index contributed by atoms with van der Waals surface area (Å²) in [6.07, 6.45) is 5.14. The van der Waals surface area contributed by atoms with Gasteiger partial charge >= 0.3 is 0 Å². The van der Waals surface area contributed by atoms with Gasteiger partial charge < -0.3 is 10.2 Å². The standard InChI is InChI=1S/C12H18N6O/c1-4-5-10-15-11(17-13)8(2)12(16-10)19-9-6-14-18(3)7-9/h6-7H,4-5,13H2,1-3H3,(H,15,16,17). The molecule has 0 aromatic carbocycles. The van der Waals surface area contributed by atoms with Crippen molar-refractivity contribution in [1.29, 1.82) is 0 Å². The zero-order valence-electron chi connectivity index (χ0n) is 11.3. The van der Waals surface area contributed by atoms with E-state index in [2.05, 4.69) is 27.4 Å². The zero-order chi connectivity index (χ0) is 13.8. The molecule has 102 valence electrons. The van der Waals surface area contributed by atoms with Crippen molar-refractivity contribution in [1.82, 2.24) is 19.7 Å². The second kappa shape index (κ2) is 5.66. The first kappa shape index (κ1) is 13.3. The first-order valence-corrected chi connectivity index (χ1v) is 6.14. The van der Waals surface area contributed by atoms with Crippen molar-refractivity contribution < 1.29 is 4.74 Å². The van der Waals surface area contributed by atoms with Crippen LogP contribution in [0.25, 0.3) is 0 Å². The Balaban J connectivity index is 2.34. The molecule has 7 heteroatoms. The normalized spacial score (nSPS) is 10.5. The van der Waals surface area contributed by atoms with Crippen LogP contribution in [0.3, 0.4) is 0 Å². The second-order valence-electron chi connectivity index (χ2n) is 4.26. The van der Waals surface area contributed by atoms with Gasteiger partial charge in [0.05, 0.1) is 18.0 Å². The molecule has 0 saturated heterocycles. The summed E-state index contributed by atoms with van der Waals surface area (Å²) < 4.78 is 7.40. The number of hydrogen-bond donors (Lipinski definition) is 2. The third-order valence-electron chi connectivity index (χ3n) is 2.65. The molecule has 0 spiro atoms. The average Bonchev–Trinajstić information content (AvgIpc) is 2.79. The quantitative estimate of drug-likeness (QED) is 0.627. The lowest BCUT2D eigenvalue weighted by Gasteiger charge is -2.11. The van der Waals surface area contributed by atoms with Gasteiger partial charge in [-0.25, -0.2) is 10.8 Å². The van der Waals surface area contributed by atoms with E-state index in [1.165, 1.54) is 0 Å². The molecule has 0 bridgehead atoms. The second-order valence-corrected chi connectivity index (χ2v) is 4.26. The van der Waals surface area contributed by atoms with Crippen molar-refractivity contribution >= 4 is 5.82 Å². The molecule has 0 saturated carbocycles. The minimum absolute atomic E-state index is 0.499. The summed E-state index contributed by atoms with van der Waals surface area (Å²) >= 11 is 0. The van der Waals surface area contributed by atoms with E-state index in [-0.39, 0.29) is 0 Å². The smallest absolute Gasteiger partial charge is 0.227 e. The lowest BCUT2D eigenvalue weighted by molar-refractivity contribution is 0.454. The summed E-state index contributed by atoms with van der Waals surface area (Å²) in [4.78, 5) is 8.75. The molecule has 2 rings (SSSR count). The SMILES string of the molecule is CCCc1nc(NN)c(C)c(Oc2cnn(C)c2)n1. The number of hydrazine groups is 1. The molecule has 0 aliphatic carbocycles. The molecule has 0 fully saturated rings. The monoisotopic (exact) mass is 262 g/mol. The van der Waals surface area contributed by atoms with Gasteiger partial charge in [-0.15, -0.1) is 0 Å². The average molecular weight is 262 g/mol. The Bertz CT molecular complexity index is 565. The van der Waals surface area contributed by atoms with Crippen LogP contribution < -0.4 is 16.0 Å². The van der Waals surface area contributed by atoms with E-state index in [0.717, 1.165) is 18.4 Å². The van der Waals surface area contributed by atoms with E-state index in [1.807, 2.05) is 14.0 Å². The number of hydrogen-bond acceptors (Lipinski definition) is 6. The predicted octanol–water partition coefficient (Wildman–Crippen LogP) is 1.55. The molecular weight excluding hydrogens is 244 g/mol. The predicted molar refractivity (Wildman–Crippen MR) is 71.9 cm³/mol. The van der Waals surface area contributed by atoms with Crippen LogP contribution >= 0.6 is 0 Å². The van der Waals surface area contributed by atoms with E-state index in [4.69, 9.17) is 10.6 Å². The summed E-state index contributed by atoms with van der Waals surface area (Å²) in [6, 6.07) is 0. The maximum atomic E-state index is 5.73. The zero-order valence-corrected chi connectivity index (χ0v) is 11.3. The number of nitrogen functional groups attached to an aromatic ring is 1. The van der Waals surface area contributed by atoms with E-state index in [0.29, 0.717) is 23.3 Å². The van der Waals surface area contributed by atoms with E-state index < -0.39 is 0 Å². The maximum Gasteiger partial charge on any atom is 0.227 e. The summed E-state index contributed by atoms with van der Waals surface area (Å²) in [5, 5.41) is 4.05. The van der Waals surface area contributed by atoms with Crippen LogP contribution in [0.15, 0.2) is 12.4 Å². The molecule has 0 unspecified atom stereocenters. The summed E-state index contributed by atoms with van der Waals surface area (Å²) in [5.74, 6) is 7.89. The van der Waals surface area contributed by atoms with Crippen molar-refractivity contribution in [2.24, 2.45) is 12.9 Å². The minimum atomic E-state index is 0.499. The van der Waals surface area contributed by atoms with Gasteiger partial charge in [0.15, 0.2) is 5.75 Å². The fraction of sp³-hybridized carbons (Fsp3) is 0.417. The highest BCUT2D eigenvalue weighted by atomic mass is 16.5. The number of aromatic nitrogens is 4. The number of aryl methyl sites for hydroxylation is 2. The van der Waals surface area contributed by atoms with Crippen LogP contribution in [0.2, 0.25) is 0 Å². The highest BCUT2D eigenvalue weighted by Crippen LogP contribution is 2.26. The Kier molecular flexibility index (Phi) is 3.96. The Hall–Kier alpha value is -2.15. The fourth-order valence-corrected chi connectivity index (χ4v) is 1.68. The number of rotatable bonds is 5. The third kappa shape index (κ3) is 3.00. The minimum Gasteiger partial charge on any atom is -0.435 e. The highest BCUT2D eigenvalue weighted by Gasteiger charge is 2.12. The molecule has 0 aliphatic heterocycles. The van der Waals surface area contributed by atoms with Crippen LogP contribution in [0.1, 0.15) is 24.7 Å². The fourth-order valence-electron chi connectivity index (χ4n) is 1.68. The topological polar surface area (TPSA) is 90.9 Å². The molecular formula is C12H18N6O. The van der Waals surface area contributed by atoms with E-state index in [1.54, 1.807) is 17.1 Å². The third-order valence-corrected chi connectivity index (χ3v) is 2.65.